The minimum atomic E-state index is -0.648. The highest BCUT2D eigenvalue weighted by Gasteiger charge is 2.42. The molecular formula is C44H54N10O5. The molecule has 0 saturated carbocycles. The summed E-state index contributed by atoms with van der Waals surface area (Å²) in [4.78, 5) is 82.6. The third kappa shape index (κ3) is 7.96. The number of benzene rings is 2. The van der Waals surface area contributed by atoms with E-state index in [2.05, 4.69) is 54.6 Å². The smallest absolute Gasteiger partial charge is 0.320 e. The van der Waals surface area contributed by atoms with Crippen LogP contribution in [0.25, 0.3) is 0 Å². The van der Waals surface area contributed by atoms with Gasteiger partial charge in [-0.25, -0.2) is 14.8 Å². The van der Waals surface area contributed by atoms with Crippen molar-refractivity contribution in [1.82, 2.24) is 30.0 Å². The number of carbonyl (C=O) groups is 5. The molecule has 4 unspecified atom stereocenters. The fraction of sp³-hybridized carbons (Fsp3) is 0.523. The Morgan fingerprint density at radius 2 is 1.69 bits per heavy atom. The number of rotatable bonds is 10. The van der Waals surface area contributed by atoms with Gasteiger partial charge in [0.1, 0.15) is 5.82 Å². The van der Waals surface area contributed by atoms with Gasteiger partial charge in [0.15, 0.2) is 17.3 Å². The van der Waals surface area contributed by atoms with Crippen LogP contribution in [-0.2, 0) is 16.0 Å². The quantitative estimate of drug-likeness (QED) is 0.255. The largest absolute Gasteiger partial charge is 0.371 e. The van der Waals surface area contributed by atoms with Gasteiger partial charge in [-0.1, -0.05) is 12.1 Å². The molecule has 9 rings (SSSR count). The van der Waals surface area contributed by atoms with Gasteiger partial charge in [-0.2, -0.15) is 0 Å². The van der Waals surface area contributed by atoms with Crippen LogP contribution in [0.1, 0.15) is 82.8 Å². The van der Waals surface area contributed by atoms with E-state index in [0.29, 0.717) is 49.3 Å². The summed E-state index contributed by atoms with van der Waals surface area (Å²) in [5, 5.41) is 5.73. The Morgan fingerprint density at radius 1 is 0.881 bits per heavy atom. The predicted octanol–water partition coefficient (Wildman–Crippen LogP) is 3.77. The van der Waals surface area contributed by atoms with E-state index in [-0.39, 0.29) is 41.3 Å². The van der Waals surface area contributed by atoms with Crippen molar-refractivity contribution in [1.29, 1.82) is 0 Å². The maximum Gasteiger partial charge on any atom is 0.320 e. The standard InChI is InChI=1S/C44H54N10O5/c1-50-19-20-54(44(50)59)33-3-2-15-53(26-33)37-23-46-39(41(45)57)42(48-37)47-31-6-4-28(5-7-31)29-13-16-51(17-14-29)24-27-12-18-52(25-27)32-8-9-34-30(21-32)22-36(40(34)56)35-10-11-38(55)49-43(35)58/h4-9,21,23,27,29,33,35-36H,2-3,10-20,22,24-26H2,1H3,(H2,45,57)(H,47,48)(H,49,55,58). The average molecular weight is 803 g/mol. The first-order valence-corrected chi connectivity index (χ1v) is 21.4. The molecule has 5 saturated heterocycles. The molecule has 1 aliphatic carbocycles. The van der Waals surface area contributed by atoms with Gasteiger partial charge in [0, 0.05) is 88.1 Å². The van der Waals surface area contributed by atoms with E-state index in [9.17, 15) is 24.0 Å². The number of amides is 5. The molecule has 1 aromatic heterocycles. The van der Waals surface area contributed by atoms with Gasteiger partial charge < -0.3 is 35.6 Å². The van der Waals surface area contributed by atoms with E-state index >= 15 is 0 Å². The fourth-order valence-corrected chi connectivity index (χ4v) is 10.4. The number of nitrogens with zero attached hydrogens (tertiary/aromatic N) is 7. The number of primary amides is 1. The Morgan fingerprint density at radius 3 is 2.44 bits per heavy atom. The van der Waals surface area contributed by atoms with Gasteiger partial charge in [-0.15, -0.1) is 0 Å². The summed E-state index contributed by atoms with van der Waals surface area (Å²) in [6, 6.07) is 14.7. The lowest BCUT2D eigenvalue weighted by Gasteiger charge is -2.37. The first-order valence-electron chi connectivity index (χ1n) is 21.4. The van der Waals surface area contributed by atoms with Crippen LogP contribution >= 0.6 is 0 Å². The van der Waals surface area contributed by atoms with E-state index in [1.165, 1.54) is 5.56 Å². The molecule has 310 valence electrons. The number of piperidine rings is 3. The third-order valence-electron chi connectivity index (χ3n) is 13.7. The predicted molar refractivity (Wildman–Crippen MR) is 223 cm³/mol. The van der Waals surface area contributed by atoms with E-state index < -0.39 is 11.8 Å². The SMILES string of the molecule is CN1CCN(C2CCCN(c3cnc(C(N)=O)c(Nc4ccc(C5CCN(CC6CCN(c7ccc8c(c7)CC(C7CCC(=O)NC7=O)C8=O)C6)CC5)cc4)n3)C2)C1=O. The number of Topliss-reactive ketones (excluding diaryl/α,β-unsaturated/α-hetero) is 1. The molecule has 0 spiro atoms. The van der Waals surface area contributed by atoms with Crippen LogP contribution in [0.4, 0.5) is 27.8 Å². The monoisotopic (exact) mass is 802 g/mol. The summed E-state index contributed by atoms with van der Waals surface area (Å²) in [7, 11) is 1.84. The minimum Gasteiger partial charge on any atom is -0.371 e. The normalized spacial score (nSPS) is 25.5. The summed E-state index contributed by atoms with van der Waals surface area (Å²) < 4.78 is 0. The summed E-state index contributed by atoms with van der Waals surface area (Å²) in [5.41, 5.74) is 10.8. The number of fused-ring (bicyclic) bond motifs is 1. The highest BCUT2D eigenvalue weighted by Crippen LogP contribution is 2.38. The van der Waals surface area contributed by atoms with Crippen LogP contribution in [0, 0.1) is 17.8 Å². The lowest BCUT2D eigenvalue weighted by molar-refractivity contribution is -0.137. The molecule has 6 heterocycles. The summed E-state index contributed by atoms with van der Waals surface area (Å²) >= 11 is 0. The number of urea groups is 1. The molecule has 2 aromatic carbocycles. The van der Waals surface area contributed by atoms with Gasteiger partial charge in [-0.3, -0.25) is 24.5 Å². The van der Waals surface area contributed by atoms with Crippen LogP contribution in [0.15, 0.2) is 48.7 Å². The van der Waals surface area contributed by atoms with Crippen LogP contribution in [0.2, 0.25) is 0 Å². The second kappa shape index (κ2) is 16.2. The van der Waals surface area contributed by atoms with Crippen molar-refractivity contribution in [2.75, 3.05) is 81.1 Å². The summed E-state index contributed by atoms with van der Waals surface area (Å²) in [6.07, 6.45) is 8.07. The number of likely N-dealkylation sites (tertiary alicyclic amines) is 1. The number of ketones is 1. The topological polar surface area (TPSA) is 177 Å². The Bertz CT molecular complexity index is 2140. The molecule has 6 aliphatic rings. The zero-order valence-corrected chi connectivity index (χ0v) is 33.8. The van der Waals surface area contributed by atoms with Crippen molar-refractivity contribution in [3.05, 3.63) is 71.0 Å². The van der Waals surface area contributed by atoms with Crippen LogP contribution < -0.4 is 26.2 Å². The molecule has 59 heavy (non-hydrogen) atoms. The van der Waals surface area contributed by atoms with Gasteiger partial charge in [-0.05, 0) is 111 Å². The van der Waals surface area contributed by atoms with Crippen molar-refractivity contribution >= 4 is 52.5 Å². The van der Waals surface area contributed by atoms with Gasteiger partial charge in [0.05, 0.1) is 12.2 Å². The van der Waals surface area contributed by atoms with Crippen LogP contribution in [0.3, 0.4) is 0 Å². The third-order valence-corrected chi connectivity index (χ3v) is 13.7. The second-order valence-electron chi connectivity index (χ2n) is 17.4. The number of imide groups is 1. The number of aromatic nitrogens is 2. The van der Waals surface area contributed by atoms with Gasteiger partial charge in [0.2, 0.25) is 11.8 Å². The number of hydrogen-bond acceptors (Lipinski definition) is 11. The zero-order chi connectivity index (χ0) is 40.8. The van der Waals surface area contributed by atoms with Crippen molar-refractivity contribution < 1.29 is 24.0 Å². The van der Waals surface area contributed by atoms with Gasteiger partial charge >= 0.3 is 6.03 Å². The Labute approximate surface area is 344 Å². The molecule has 0 radical (unpaired) electrons. The first-order chi connectivity index (χ1) is 28.6. The molecule has 5 amide bonds. The molecule has 4 atom stereocenters. The zero-order valence-electron chi connectivity index (χ0n) is 33.8. The van der Waals surface area contributed by atoms with E-state index in [1.54, 1.807) is 11.1 Å². The lowest BCUT2D eigenvalue weighted by atomic mass is 9.83. The molecule has 5 fully saturated rings. The highest BCUT2D eigenvalue weighted by atomic mass is 16.2. The average Bonchev–Trinajstić information content (AvgIpc) is 3.94. The highest BCUT2D eigenvalue weighted by molar-refractivity contribution is 6.07. The van der Waals surface area contributed by atoms with E-state index in [1.807, 2.05) is 30.1 Å². The maximum absolute atomic E-state index is 13.2. The Hall–Kier alpha value is -5.57. The lowest BCUT2D eigenvalue weighted by Crippen LogP contribution is -2.49. The number of likely N-dealkylation sites (N-methyl/N-ethyl adjacent to an activating group) is 1. The van der Waals surface area contributed by atoms with Gasteiger partial charge in [0.25, 0.3) is 5.91 Å². The number of anilines is 4. The van der Waals surface area contributed by atoms with Crippen molar-refractivity contribution in [2.45, 2.75) is 63.3 Å². The van der Waals surface area contributed by atoms with Crippen LogP contribution in [-0.4, -0.2) is 126 Å². The number of carbonyl (C=O) groups excluding carboxylic acids is 5. The maximum atomic E-state index is 13.2. The second-order valence-corrected chi connectivity index (χ2v) is 17.4. The molecular weight excluding hydrogens is 749 g/mol. The molecule has 0 bridgehead atoms. The number of hydrogen-bond donors (Lipinski definition) is 3. The number of nitrogens with two attached hydrogens (primary N) is 1. The van der Waals surface area contributed by atoms with E-state index in [4.69, 9.17) is 10.7 Å². The van der Waals surface area contributed by atoms with Crippen molar-refractivity contribution in [2.24, 2.45) is 23.5 Å². The minimum absolute atomic E-state index is 0.0280. The molecule has 4 N–H and O–H groups in total. The Balaban J connectivity index is 0.764. The molecule has 15 nitrogen and oxygen atoms in total. The Kier molecular flexibility index (Phi) is 10.7. The molecule has 5 aliphatic heterocycles. The summed E-state index contributed by atoms with van der Waals surface area (Å²) in [5.74, 6) is 0.00914. The van der Waals surface area contributed by atoms with E-state index in [0.717, 1.165) is 107 Å². The fourth-order valence-electron chi connectivity index (χ4n) is 10.4. The summed E-state index contributed by atoms with van der Waals surface area (Å²) in [6.45, 7) is 8.05. The van der Waals surface area contributed by atoms with Crippen LogP contribution in [0.5, 0.6) is 0 Å². The molecule has 15 heteroatoms. The molecule has 3 aromatic rings. The first kappa shape index (κ1) is 38.9. The van der Waals surface area contributed by atoms with Crippen molar-refractivity contribution in [3.63, 3.8) is 0 Å². The number of nitrogens with one attached hydrogen (secondary N) is 2. The van der Waals surface area contributed by atoms with Crippen molar-refractivity contribution in [3.8, 4) is 0 Å².